The number of nitrogens with one attached hydrogen (secondary N) is 1. The molecule has 1 N–H and O–H groups in total. The van der Waals surface area contributed by atoms with Crippen molar-refractivity contribution in [2.45, 2.75) is 25.0 Å². The van der Waals surface area contributed by atoms with Crippen LogP contribution in [0.1, 0.15) is 23.9 Å². The van der Waals surface area contributed by atoms with E-state index >= 15 is 0 Å². The van der Waals surface area contributed by atoms with Crippen molar-refractivity contribution < 1.29 is 23.5 Å². The Bertz CT molecular complexity index is 1230. The molecule has 5 rings (SSSR count). The first-order chi connectivity index (χ1) is 16.6. The Morgan fingerprint density at radius 2 is 1.88 bits per heavy atom. The van der Waals surface area contributed by atoms with Crippen LogP contribution in [0.4, 0.5) is 0 Å². The topological polar surface area (TPSA) is 102 Å². The highest BCUT2D eigenvalue weighted by molar-refractivity contribution is 5.84. The monoisotopic (exact) mass is 463 g/mol. The third-order valence-corrected chi connectivity index (χ3v) is 6.01. The van der Waals surface area contributed by atoms with Crippen LogP contribution in [0.25, 0.3) is 11.4 Å². The number of amides is 1. The van der Waals surface area contributed by atoms with E-state index in [0.29, 0.717) is 35.2 Å². The van der Waals surface area contributed by atoms with Crippen LogP contribution in [0.15, 0.2) is 59.4 Å². The molecule has 1 saturated heterocycles. The quantitative estimate of drug-likeness (QED) is 0.567. The van der Waals surface area contributed by atoms with Gasteiger partial charge in [0.05, 0.1) is 32.9 Å². The highest BCUT2D eigenvalue weighted by Crippen LogP contribution is 2.36. The molecule has 10 nitrogen and oxygen atoms in total. The van der Waals surface area contributed by atoms with Crippen molar-refractivity contribution in [1.29, 1.82) is 0 Å². The maximum atomic E-state index is 13.2. The first-order valence-electron chi connectivity index (χ1n) is 10.8. The summed E-state index contributed by atoms with van der Waals surface area (Å²) in [5.41, 5.74) is 5.08. The van der Waals surface area contributed by atoms with Crippen molar-refractivity contribution in [3.05, 3.63) is 66.3 Å². The Labute approximate surface area is 196 Å². The lowest BCUT2D eigenvalue weighted by molar-refractivity contribution is -0.135. The standard InChI is InChI=1S/C24H25N5O5/c1-31-15-8-9-17(21(12-15)33-3)23-25-22(34-27-23)14-28-10-11-29-19(24(28)30)13-18(26-29)16-6-4-5-7-20(16)32-2/h4-12,18-19,26H,13-14H2,1-3H3. The molecule has 2 unspecified atom stereocenters. The average Bonchev–Trinajstić information content (AvgIpc) is 3.53. The molecule has 2 aliphatic heterocycles. The van der Waals surface area contributed by atoms with Crippen molar-refractivity contribution in [3.8, 4) is 28.6 Å². The van der Waals surface area contributed by atoms with Gasteiger partial charge in [-0.15, -0.1) is 0 Å². The highest BCUT2D eigenvalue weighted by atomic mass is 16.5. The van der Waals surface area contributed by atoms with Gasteiger partial charge in [-0.1, -0.05) is 23.4 Å². The zero-order valence-electron chi connectivity index (χ0n) is 19.1. The number of fused-ring (bicyclic) bond motifs is 1. The van der Waals surface area contributed by atoms with Crippen molar-refractivity contribution >= 4 is 5.91 Å². The Morgan fingerprint density at radius 1 is 1.06 bits per heavy atom. The van der Waals surface area contributed by atoms with Gasteiger partial charge in [-0.05, 0) is 24.6 Å². The number of carbonyl (C=O) groups excluding carboxylic acids is 1. The largest absolute Gasteiger partial charge is 0.497 e. The lowest BCUT2D eigenvalue weighted by atomic mass is 10.00. The van der Waals surface area contributed by atoms with E-state index in [1.165, 1.54) is 0 Å². The van der Waals surface area contributed by atoms with Crippen LogP contribution in [0.2, 0.25) is 0 Å². The van der Waals surface area contributed by atoms with E-state index in [1.54, 1.807) is 50.6 Å². The molecule has 3 heterocycles. The van der Waals surface area contributed by atoms with E-state index in [9.17, 15) is 4.79 Å². The van der Waals surface area contributed by atoms with Gasteiger partial charge < -0.3 is 28.6 Å². The molecule has 2 atom stereocenters. The normalized spacial score (nSPS) is 19.3. The van der Waals surface area contributed by atoms with Crippen molar-refractivity contribution in [2.24, 2.45) is 0 Å². The summed E-state index contributed by atoms with van der Waals surface area (Å²) in [6, 6.07) is 12.8. The fourth-order valence-corrected chi connectivity index (χ4v) is 4.28. The number of methoxy groups -OCH3 is 3. The Morgan fingerprint density at radius 3 is 2.68 bits per heavy atom. The van der Waals surface area contributed by atoms with E-state index in [1.807, 2.05) is 35.5 Å². The van der Waals surface area contributed by atoms with Gasteiger partial charge in [-0.25, -0.2) is 5.43 Å². The van der Waals surface area contributed by atoms with E-state index in [-0.39, 0.29) is 24.5 Å². The summed E-state index contributed by atoms with van der Waals surface area (Å²) in [6.45, 7) is 0.171. The SMILES string of the molecule is COc1ccc(-c2noc(CN3C=CN4NC(c5ccccc5OC)CC4C3=O)n2)c(OC)c1. The predicted octanol–water partition coefficient (Wildman–Crippen LogP) is 2.90. The number of carbonyl (C=O) groups is 1. The van der Waals surface area contributed by atoms with Crippen LogP contribution < -0.4 is 19.6 Å². The average molecular weight is 463 g/mol. The number of hydrazine groups is 1. The molecule has 1 aromatic heterocycles. The smallest absolute Gasteiger partial charge is 0.251 e. The minimum Gasteiger partial charge on any atom is -0.497 e. The second-order valence-corrected chi connectivity index (χ2v) is 7.92. The fourth-order valence-electron chi connectivity index (χ4n) is 4.28. The molecule has 10 heteroatoms. The number of ether oxygens (including phenoxy) is 3. The molecular formula is C24H25N5O5. The van der Waals surface area contributed by atoms with Crippen LogP contribution in [-0.2, 0) is 11.3 Å². The highest BCUT2D eigenvalue weighted by Gasteiger charge is 2.41. The molecule has 0 bridgehead atoms. The van der Waals surface area contributed by atoms with Crippen LogP contribution >= 0.6 is 0 Å². The van der Waals surface area contributed by atoms with E-state index in [4.69, 9.17) is 18.7 Å². The Balaban J connectivity index is 1.30. The number of benzene rings is 2. The number of rotatable bonds is 7. The molecule has 1 amide bonds. The molecule has 176 valence electrons. The summed E-state index contributed by atoms with van der Waals surface area (Å²) in [5, 5.41) is 5.92. The van der Waals surface area contributed by atoms with Crippen LogP contribution in [0.5, 0.6) is 17.2 Å². The zero-order valence-corrected chi connectivity index (χ0v) is 19.1. The zero-order chi connectivity index (χ0) is 23.7. The van der Waals surface area contributed by atoms with Gasteiger partial charge in [-0.3, -0.25) is 4.79 Å². The first kappa shape index (κ1) is 21.8. The molecule has 0 aliphatic carbocycles. The van der Waals surface area contributed by atoms with Gasteiger partial charge in [-0.2, -0.15) is 4.98 Å². The molecule has 0 saturated carbocycles. The summed E-state index contributed by atoms with van der Waals surface area (Å²) in [4.78, 5) is 19.3. The van der Waals surface area contributed by atoms with Gasteiger partial charge >= 0.3 is 0 Å². The lowest BCUT2D eigenvalue weighted by Crippen LogP contribution is -2.47. The molecule has 2 aliphatic rings. The van der Waals surface area contributed by atoms with E-state index < -0.39 is 0 Å². The molecule has 0 radical (unpaired) electrons. The molecule has 3 aromatic rings. The fraction of sp³-hybridized carbons (Fsp3) is 0.292. The van der Waals surface area contributed by atoms with Crippen molar-refractivity contribution in [2.75, 3.05) is 21.3 Å². The minimum absolute atomic E-state index is 0.0350. The summed E-state index contributed by atoms with van der Waals surface area (Å²) in [7, 11) is 4.80. The molecule has 1 fully saturated rings. The first-order valence-corrected chi connectivity index (χ1v) is 10.8. The summed E-state index contributed by atoms with van der Waals surface area (Å²) < 4.78 is 21.6. The number of aromatic nitrogens is 2. The van der Waals surface area contributed by atoms with Crippen LogP contribution in [0, 0.1) is 0 Å². The number of para-hydroxylation sites is 1. The van der Waals surface area contributed by atoms with Gasteiger partial charge in [0.25, 0.3) is 5.91 Å². The van der Waals surface area contributed by atoms with Crippen molar-refractivity contribution in [1.82, 2.24) is 25.5 Å². The van der Waals surface area contributed by atoms with Crippen molar-refractivity contribution in [3.63, 3.8) is 0 Å². The third-order valence-electron chi connectivity index (χ3n) is 6.01. The lowest BCUT2D eigenvalue weighted by Gasteiger charge is -2.30. The van der Waals surface area contributed by atoms with Gasteiger partial charge in [0, 0.05) is 24.0 Å². The molecule has 0 spiro atoms. The number of hydrogen-bond acceptors (Lipinski definition) is 9. The van der Waals surface area contributed by atoms with Gasteiger partial charge in [0.1, 0.15) is 29.8 Å². The summed E-state index contributed by atoms with van der Waals surface area (Å²) in [5.74, 6) is 2.68. The summed E-state index contributed by atoms with van der Waals surface area (Å²) in [6.07, 6.45) is 4.18. The van der Waals surface area contributed by atoms with Crippen LogP contribution in [0.3, 0.4) is 0 Å². The third kappa shape index (κ3) is 3.92. The Hall–Kier alpha value is -4.05. The van der Waals surface area contributed by atoms with Gasteiger partial charge in [0.15, 0.2) is 0 Å². The second-order valence-electron chi connectivity index (χ2n) is 7.92. The minimum atomic E-state index is -0.344. The number of hydrogen-bond donors (Lipinski definition) is 1. The number of nitrogens with zero attached hydrogens (tertiary/aromatic N) is 4. The Kier molecular flexibility index (Phi) is 5.81. The van der Waals surface area contributed by atoms with E-state index in [0.717, 1.165) is 11.3 Å². The molecular weight excluding hydrogens is 438 g/mol. The molecule has 2 aromatic carbocycles. The molecule has 34 heavy (non-hydrogen) atoms. The summed E-state index contributed by atoms with van der Waals surface area (Å²) >= 11 is 0. The maximum Gasteiger partial charge on any atom is 0.251 e. The predicted molar refractivity (Wildman–Crippen MR) is 122 cm³/mol. The van der Waals surface area contributed by atoms with E-state index in [2.05, 4.69) is 15.6 Å². The van der Waals surface area contributed by atoms with Crippen LogP contribution in [-0.4, -0.2) is 53.3 Å². The maximum absolute atomic E-state index is 13.2. The van der Waals surface area contributed by atoms with Gasteiger partial charge in [0.2, 0.25) is 11.7 Å². The second kappa shape index (κ2) is 9.06.